The van der Waals surface area contributed by atoms with Gasteiger partial charge in [-0.1, -0.05) is 48.0 Å². The number of aryl methyl sites for hydroxylation is 1. The zero-order chi connectivity index (χ0) is 17.4. The topological polar surface area (TPSA) is 57.2 Å². The van der Waals surface area contributed by atoms with E-state index in [1.54, 1.807) is 6.21 Å². The first-order chi connectivity index (χ1) is 12.1. The molecule has 2 aromatic carbocycles. The van der Waals surface area contributed by atoms with Gasteiger partial charge >= 0.3 is 0 Å². The molecular formula is C19H14ClN3OS. The minimum atomic E-state index is -0.306. The van der Waals surface area contributed by atoms with E-state index in [1.807, 2.05) is 55.5 Å². The number of carbonyl (C=O) groups is 1. The number of aromatic amines is 1. The third-order valence-corrected chi connectivity index (χ3v) is 5.72. The quantitative estimate of drug-likeness (QED) is 0.383. The Morgan fingerprint density at radius 3 is 2.68 bits per heavy atom. The molecule has 0 bridgehead atoms. The van der Waals surface area contributed by atoms with Crippen LogP contribution in [0, 0.1) is 6.92 Å². The number of rotatable bonds is 3. The third-order valence-electron chi connectivity index (χ3n) is 4.04. The Kier molecular flexibility index (Phi) is 4.03. The average Bonchev–Trinajstić information content (AvgIpc) is 3.13. The third kappa shape index (κ3) is 2.81. The summed E-state index contributed by atoms with van der Waals surface area (Å²) in [5.41, 5.74) is 5.57. The van der Waals surface area contributed by atoms with E-state index in [4.69, 9.17) is 11.6 Å². The molecule has 1 amide bonds. The summed E-state index contributed by atoms with van der Waals surface area (Å²) in [5, 5.41) is 6.54. The number of carbonyl (C=O) groups excluding carboxylic acids is 1. The highest BCUT2D eigenvalue weighted by Gasteiger charge is 2.16. The minimum Gasteiger partial charge on any atom is -0.358 e. The number of hydrogen-bond donors (Lipinski definition) is 2. The summed E-state index contributed by atoms with van der Waals surface area (Å²) < 4.78 is 0.981. The van der Waals surface area contributed by atoms with E-state index in [9.17, 15) is 4.79 Å². The monoisotopic (exact) mass is 367 g/mol. The Morgan fingerprint density at radius 1 is 1.16 bits per heavy atom. The van der Waals surface area contributed by atoms with Gasteiger partial charge in [0, 0.05) is 32.2 Å². The zero-order valence-electron chi connectivity index (χ0n) is 13.3. The number of fused-ring (bicyclic) bond motifs is 2. The molecule has 0 spiro atoms. The number of amides is 1. The van der Waals surface area contributed by atoms with Crippen LogP contribution in [0.15, 0.2) is 53.6 Å². The van der Waals surface area contributed by atoms with Gasteiger partial charge in [0.1, 0.15) is 4.88 Å². The SMILES string of the molecule is Cc1[nH]c2ccccc2c1/C=N\NC(=O)c1sc2ccccc2c1Cl. The minimum absolute atomic E-state index is 0.306. The Hall–Kier alpha value is -2.63. The normalized spacial score (nSPS) is 11.6. The van der Waals surface area contributed by atoms with Gasteiger partial charge in [0.05, 0.1) is 11.2 Å². The standard InChI is InChI=1S/C19H14ClN3OS/c1-11-14(12-6-2-4-8-15(12)22-11)10-21-23-19(24)18-17(20)13-7-3-5-9-16(13)25-18/h2-10,22H,1H3,(H,23,24)/b21-10-. The van der Waals surface area contributed by atoms with Gasteiger partial charge in [-0.3, -0.25) is 4.79 Å². The molecular weight excluding hydrogens is 354 g/mol. The molecule has 0 fully saturated rings. The molecule has 0 radical (unpaired) electrons. The van der Waals surface area contributed by atoms with Crippen molar-refractivity contribution in [2.24, 2.45) is 5.10 Å². The van der Waals surface area contributed by atoms with E-state index < -0.39 is 0 Å². The number of benzene rings is 2. The fourth-order valence-corrected chi connectivity index (χ4v) is 4.24. The highest BCUT2D eigenvalue weighted by atomic mass is 35.5. The maximum Gasteiger partial charge on any atom is 0.283 e. The van der Waals surface area contributed by atoms with Gasteiger partial charge in [0.15, 0.2) is 0 Å². The average molecular weight is 368 g/mol. The van der Waals surface area contributed by atoms with Gasteiger partial charge in [0.25, 0.3) is 5.91 Å². The van der Waals surface area contributed by atoms with Crippen LogP contribution in [0.2, 0.25) is 5.02 Å². The van der Waals surface area contributed by atoms with Crippen LogP contribution in [0.1, 0.15) is 20.9 Å². The lowest BCUT2D eigenvalue weighted by molar-refractivity contribution is 0.0959. The molecule has 4 rings (SSSR count). The number of aromatic nitrogens is 1. The van der Waals surface area contributed by atoms with Crippen molar-refractivity contribution in [1.29, 1.82) is 0 Å². The maximum atomic E-state index is 12.4. The Morgan fingerprint density at radius 2 is 1.88 bits per heavy atom. The van der Waals surface area contributed by atoms with E-state index in [0.717, 1.165) is 32.2 Å². The van der Waals surface area contributed by atoms with Crippen molar-refractivity contribution in [3.05, 3.63) is 69.7 Å². The van der Waals surface area contributed by atoms with Crippen LogP contribution in [-0.2, 0) is 0 Å². The van der Waals surface area contributed by atoms with E-state index >= 15 is 0 Å². The fourth-order valence-electron chi connectivity index (χ4n) is 2.83. The van der Waals surface area contributed by atoms with Crippen LogP contribution in [0.25, 0.3) is 21.0 Å². The number of H-pyrrole nitrogens is 1. The van der Waals surface area contributed by atoms with Crippen LogP contribution in [-0.4, -0.2) is 17.1 Å². The molecule has 6 heteroatoms. The first-order valence-electron chi connectivity index (χ1n) is 7.73. The zero-order valence-corrected chi connectivity index (χ0v) is 14.9. The molecule has 2 heterocycles. The Balaban J connectivity index is 1.59. The van der Waals surface area contributed by atoms with Gasteiger partial charge in [-0.05, 0) is 19.1 Å². The van der Waals surface area contributed by atoms with Gasteiger partial charge in [-0.15, -0.1) is 11.3 Å². The lowest BCUT2D eigenvalue weighted by Gasteiger charge is -1.97. The molecule has 0 saturated carbocycles. The number of hydrazone groups is 1. The summed E-state index contributed by atoms with van der Waals surface area (Å²) in [5.74, 6) is -0.306. The van der Waals surface area contributed by atoms with Crippen molar-refractivity contribution in [3.63, 3.8) is 0 Å². The molecule has 0 saturated heterocycles. The molecule has 4 aromatic rings. The predicted molar refractivity (Wildman–Crippen MR) is 105 cm³/mol. The lowest BCUT2D eigenvalue weighted by Crippen LogP contribution is -2.16. The van der Waals surface area contributed by atoms with Crippen molar-refractivity contribution >= 4 is 56.0 Å². The van der Waals surface area contributed by atoms with Crippen LogP contribution in [0.4, 0.5) is 0 Å². The van der Waals surface area contributed by atoms with Gasteiger partial charge in [-0.25, -0.2) is 5.43 Å². The number of nitrogens with one attached hydrogen (secondary N) is 2. The first kappa shape index (κ1) is 15.9. The molecule has 124 valence electrons. The predicted octanol–water partition coefficient (Wildman–Crippen LogP) is 5.11. The molecule has 4 nitrogen and oxygen atoms in total. The number of hydrogen-bond acceptors (Lipinski definition) is 3. The molecule has 0 atom stereocenters. The number of thiophene rings is 1. The van der Waals surface area contributed by atoms with Crippen molar-refractivity contribution < 1.29 is 4.79 Å². The van der Waals surface area contributed by atoms with Crippen molar-refractivity contribution in [2.45, 2.75) is 6.92 Å². The van der Waals surface area contributed by atoms with Crippen molar-refractivity contribution in [2.75, 3.05) is 0 Å². The molecule has 0 unspecified atom stereocenters. The smallest absolute Gasteiger partial charge is 0.283 e. The van der Waals surface area contributed by atoms with Crippen LogP contribution in [0.5, 0.6) is 0 Å². The van der Waals surface area contributed by atoms with E-state index in [0.29, 0.717) is 9.90 Å². The summed E-state index contributed by atoms with van der Waals surface area (Å²) in [6.07, 6.45) is 1.66. The molecule has 2 aromatic heterocycles. The summed E-state index contributed by atoms with van der Waals surface area (Å²) in [7, 11) is 0. The second-order valence-corrected chi connectivity index (χ2v) is 7.08. The number of para-hydroxylation sites is 1. The second-order valence-electron chi connectivity index (χ2n) is 5.65. The van der Waals surface area contributed by atoms with Crippen molar-refractivity contribution in [1.82, 2.24) is 10.4 Å². The Bertz CT molecular complexity index is 1130. The van der Waals surface area contributed by atoms with E-state index in [2.05, 4.69) is 15.5 Å². The molecule has 25 heavy (non-hydrogen) atoms. The first-order valence-corrected chi connectivity index (χ1v) is 8.92. The van der Waals surface area contributed by atoms with Crippen LogP contribution >= 0.6 is 22.9 Å². The second kappa shape index (κ2) is 6.35. The number of nitrogens with zero attached hydrogens (tertiary/aromatic N) is 1. The van der Waals surface area contributed by atoms with Gasteiger partial charge in [-0.2, -0.15) is 5.10 Å². The maximum absolute atomic E-state index is 12.4. The molecule has 0 aliphatic rings. The van der Waals surface area contributed by atoms with Crippen LogP contribution in [0.3, 0.4) is 0 Å². The highest BCUT2D eigenvalue weighted by Crippen LogP contribution is 2.34. The van der Waals surface area contributed by atoms with Gasteiger partial charge in [0.2, 0.25) is 0 Å². The summed E-state index contributed by atoms with van der Waals surface area (Å²) >= 11 is 7.69. The van der Waals surface area contributed by atoms with E-state index in [-0.39, 0.29) is 5.91 Å². The van der Waals surface area contributed by atoms with Gasteiger partial charge < -0.3 is 4.98 Å². The lowest BCUT2D eigenvalue weighted by atomic mass is 10.1. The Labute approximate surface area is 153 Å². The fraction of sp³-hybridized carbons (Fsp3) is 0.0526. The summed E-state index contributed by atoms with van der Waals surface area (Å²) in [6, 6.07) is 15.7. The molecule has 0 aliphatic heterocycles. The van der Waals surface area contributed by atoms with Crippen molar-refractivity contribution in [3.8, 4) is 0 Å². The molecule has 0 aliphatic carbocycles. The molecule has 2 N–H and O–H groups in total. The number of halogens is 1. The van der Waals surface area contributed by atoms with E-state index in [1.165, 1.54) is 11.3 Å². The largest absolute Gasteiger partial charge is 0.358 e. The summed E-state index contributed by atoms with van der Waals surface area (Å²) in [6.45, 7) is 1.98. The van der Waals surface area contributed by atoms with Crippen LogP contribution < -0.4 is 5.43 Å². The highest BCUT2D eigenvalue weighted by molar-refractivity contribution is 7.21. The summed E-state index contributed by atoms with van der Waals surface area (Å²) in [4.78, 5) is 16.2.